The van der Waals surface area contributed by atoms with Gasteiger partial charge in [-0.25, -0.2) is 0 Å². The van der Waals surface area contributed by atoms with Gasteiger partial charge in [-0.15, -0.1) is 0 Å². The Morgan fingerprint density at radius 2 is 1.70 bits per heavy atom. The van der Waals surface area contributed by atoms with Gasteiger partial charge in [0.1, 0.15) is 17.9 Å². The summed E-state index contributed by atoms with van der Waals surface area (Å²) in [5, 5.41) is 0. The van der Waals surface area contributed by atoms with Crippen LogP contribution in [0.1, 0.15) is 19.3 Å². The Hall–Kier alpha value is -0.990. The van der Waals surface area contributed by atoms with E-state index in [9.17, 15) is 14.4 Å². The van der Waals surface area contributed by atoms with Crippen molar-refractivity contribution in [1.82, 2.24) is 0 Å². The minimum absolute atomic E-state index is 0.0321. The van der Waals surface area contributed by atoms with Gasteiger partial charge in [0.2, 0.25) is 0 Å². The van der Waals surface area contributed by atoms with Crippen LogP contribution in [0.4, 0.5) is 0 Å². The maximum Gasteiger partial charge on any atom is 0.140 e. The van der Waals surface area contributed by atoms with Crippen molar-refractivity contribution in [2.75, 3.05) is 0 Å². The Labute approximate surface area is 58.4 Å². The highest BCUT2D eigenvalue weighted by Gasteiger charge is 2.24. The average molecular weight is 140 g/mol. The van der Waals surface area contributed by atoms with Crippen molar-refractivity contribution >= 4 is 17.9 Å². The molecule has 1 fully saturated rings. The number of Topliss-reactive ketones (excluding diaryl/α,β-unsaturated/α-hetero) is 2. The summed E-state index contributed by atoms with van der Waals surface area (Å²) in [6, 6.07) is 0. The predicted octanol–water partition coefficient (Wildman–Crippen LogP) is 0.124. The summed E-state index contributed by atoms with van der Waals surface area (Å²) in [5.41, 5.74) is 0. The van der Waals surface area contributed by atoms with Crippen molar-refractivity contribution in [1.29, 1.82) is 0 Å². The molecular weight excluding hydrogens is 132 g/mol. The topological polar surface area (TPSA) is 51.2 Å². The zero-order valence-electron chi connectivity index (χ0n) is 5.50. The van der Waals surface area contributed by atoms with E-state index in [0.717, 1.165) is 0 Å². The molecule has 0 saturated heterocycles. The van der Waals surface area contributed by atoms with Crippen LogP contribution in [0.15, 0.2) is 0 Å². The van der Waals surface area contributed by atoms with Crippen LogP contribution in [0.3, 0.4) is 0 Å². The SMILES string of the molecule is O=CC1CC(=O)CC(=O)C1. The van der Waals surface area contributed by atoms with Crippen molar-refractivity contribution < 1.29 is 14.4 Å². The fourth-order valence-electron chi connectivity index (χ4n) is 1.12. The largest absolute Gasteiger partial charge is 0.303 e. The van der Waals surface area contributed by atoms with Crippen LogP contribution in [0, 0.1) is 5.92 Å². The van der Waals surface area contributed by atoms with Gasteiger partial charge >= 0.3 is 0 Å². The van der Waals surface area contributed by atoms with Gasteiger partial charge < -0.3 is 4.79 Å². The molecular formula is C7H8O3. The summed E-state index contributed by atoms with van der Waals surface area (Å²) in [4.78, 5) is 31.5. The first-order valence-electron chi connectivity index (χ1n) is 3.21. The lowest BCUT2D eigenvalue weighted by molar-refractivity contribution is -0.133. The molecule has 1 aliphatic rings. The maximum absolute atomic E-state index is 10.7. The number of ketones is 2. The average Bonchev–Trinajstić information content (AvgIpc) is 1.85. The van der Waals surface area contributed by atoms with E-state index in [1.165, 1.54) is 0 Å². The minimum atomic E-state index is -0.339. The molecule has 1 saturated carbocycles. The second-order valence-corrected chi connectivity index (χ2v) is 2.56. The molecule has 54 valence electrons. The van der Waals surface area contributed by atoms with E-state index in [1.807, 2.05) is 0 Å². The molecule has 0 spiro atoms. The van der Waals surface area contributed by atoms with E-state index >= 15 is 0 Å². The van der Waals surface area contributed by atoms with Crippen LogP contribution in [0.25, 0.3) is 0 Å². The Morgan fingerprint density at radius 1 is 1.20 bits per heavy atom. The van der Waals surface area contributed by atoms with Crippen molar-refractivity contribution in [3.05, 3.63) is 0 Å². The molecule has 1 rings (SSSR count). The zero-order valence-corrected chi connectivity index (χ0v) is 5.50. The summed E-state index contributed by atoms with van der Waals surface area (Å²) >= 11 is 0. The van der Waals surface area contributed by atoms with E-state index < -0.39 is 0 Å². The highest BCUT2D eigenvalue weighted by Crippen LogP contribution is 2.15. The van der Waals surface area contributed by atoms with Gasteiger partial charge in [0.15, 0.2) is 0 Å². The summed E-state index contributed by atoms with van der Waals surface area (Å²) in [6.07, 6.45) is 1.24. The van der Waals surface area contributed by atoms with Crippen LogP contribution in [0.2, 0.25) is 0 Å². The van der Waals surface area contributed by atoms with Gasteiger partial charge in [-0.05, 0) is 0 Å². The molecule has 0 aliphatic heterocycles. The van der Waals surface area contributed by atoms with E-state index in [2.05, 4.69) is 0 Å². The molecule has 0 aromatic carbocycles. The molecule has 10 heavy (non-hydrogen) atoms. The third-order valence-corrected chi connectivity index (χ3v) is 1.57. The van der Waals surface area contributed by atoms with Gasteiger partial charge in [-0.1, -0.05) is 0 Å². The van der Waals surface area contributed by atoms with Crippen LogP contribution < -0.4 is 0 Å². The lowest BCUT2D eigenvalue weighted by Gasteiger charge is -2.12. The van der Waals surface area contributed by atoms with Crippen LogP contribution >= 0.6 is 0 Å². The molecule has 0 aromatic rings. The fourth-order valence-corrected chi connectivity index (χ4v) is 1.12. The quantitative estimate of drug-likeness (QED) is 0.384. The number of carbonyl (C=O) groups excluding carboxylic acids is 3. The highest BCUT2D eigenvalue weighted by atomic mass is 16.2. The molecule has 0 atom stereocenters. The van der Waals surface area contributed by atoms with E-state index in [-0.39, 0.29) is 36.7 Å². The first-order valence-corrected chi connectivity index (χ1v) is 3.21. The lowest BCUT2D eigenvalue weighted by Crippen LogP contribution is -2.23. The Kier molecular flexibility index (Phi) is 1.94. The molecule has 3 nitrogen and oxygen atoms in total. The molecule has 0 heterocycles. The number of hydrogen-bond donors (Lipinski definition) is 0. The second-order valence-electron chi connectivity index (χ2n) is 2.56. The van der Waals surface area contributed by atoms with Crippen LogP contribution in [0.5, 0.6) is 0 Å². The normalized spacial score (nSPS) is 21.2. The first-order chi connectivity index (χ1) is 4.72. The third-order valence-electron chi connectivity index (χ3n) is 1.57. The van der Waals surface area contributed by atoms with Gasteiger partial charge in [0.25, 0.3) is 0 Å². The van der Waals surface area contributed by atoms with Crippen LogP contribution in [-0.4, -0.2) is 17.9 Å². The summed E-state index contributed by atoms with van der Waals surface area (Å²) in [6.45, 7) is 0. The van der Waals surface area contributed by atoms with Crippen molar-refractivity contribution in [2.24, 2.45) is 5.92 Å². The first kappa shape index (κ1) is 7.12. The lowest BCUT2D eigenvalue weighted by atomic mass is 9.89. The van der Waals surface area contributed by atoms with Gasteiger partial charge in [0.05, 0.1) is 6.42 Å². The molecule has 0 radical (unpaired) electrons. The Morgan fingerprint density at radius 3 is 2.10 bits per heavy atom. The Balaban J connectivity index is 2.58. The van der Waals surface area contributed by atoms with Gasteiger partial charge in [0, 0.05) is 18.8 Å². The van der Waals surface area contributed by atoms with Crippen LogP contribution in [-0.2, 0) is 14.4 Å². The molecule has 0 aromatic heterocycles. The smallest absolute Gasteiger partial charge is 0.140 e. The molecule has 3 heteroatoms. The van der Waals surface area contributed by atoms with Crippen molar-refractivity contribution in [3.8, 4) is 0 Å². The predicted molar refractivity (Wildman–Crippen MR) is 33.4 cm³/mol. The summed E-state index contributed by atoms with van der Waals surface area (Å²) < 4.78 is 0. The summed E-state index contributed by atoms with van der Waals surface area (Å²) in [7, 11) is 0. The standard InChI is InChI=1S/C7H8O3/c8-4-5-1-6(9)3-7(10)2-5/h4-5H,1-3H2. The number of aldehydes is 1. The monoisotopic (exact) mass is 140 g/mol. The van der Waals surface area contributed by atoms with E-state index in [0.29, 0.717) is 6.29 Å². The molecule has 1 aliphatic carbocycles. The Bertz CT molecular complexity index is 167. The molecule has 0 N–H and O–H groups in total. The third kappa shape index (κ3) is 1.50. The van der Waals surface area contributed by atoms with Crippen molar-refractivity contribution in [3.63, 3.8) is 0 Å². The molecule has 0 amide bonds. The van der Waals surface area contributed by atoms with E-state index in [4.69, 9.17) is 0 Å². The molecule has 0 bridgehead atoms. The number of rotatable bonds is 1. The number of carbonyl (C=O) groups is 3. The van der Waals surface area contributed by atoms with Gasteiger partial charge in [-0.2, -0.15) is 0 Å². The molecule has 0 unspecified atom stereocenters. The van der Waals surface area contributed by atoms with E-state index in [1.54, 1.807) is 0 Å². The fraction of sp³-hybridized carbons (Fsp3) is 0.571. The van der Waals surface area contributed by atoms with Gasteiger partial charge in [-0.3, -0.25) is 9.59 Å². The maximum atomic E-state index is 10.7. The minimum Gasteiger partial charge on any atom is -0.303 e. The highest BCUT2D eigenvalue weighted by molar-refractivity contribution is 6.03. The second kappa shape index (κ2) is 2.73. The number of hydrogen-bond acceptors (Lipinski definition) is 3. The summed E-state index contributed by atoms with van der Waals surface area (Å²) in [5.74, 6) is -0.546. The van der Waals surface area contributed by atoms with Crippen molar-refractivity contribution in [2.45, 2.75) is 19.3 Å². The zero-order chi connectivity index (χ0) is 7.56.